The van der Waals surface area contributed by atoms with E-state index in [1.165, 1.54) is 12.8 Å². The molecule has 1 saturated heterocycles. The van der Waals surface area contributed by atoms with Crippen molar-refractivity contribution in [2.75, 3.05) is 32.8 Å². The van der Waals surface area contributed by atoms with Gasteiger partial charge in [-0.15, -0.1) is 0 Å². The van der Waals surface area contributed by atoms with Gasteiger partial charge in [0.15, 0.2) is 0 Å². The number of ether oxygens (including phenoxy) is 1. The quantitative estimate of drug-likeness (QED) is 0.808. The fraction of sp³-hybridized carbons (Fsp3) is 0.941. The first-order valence-electron chi connectivity index (χ1n) is 8.61. The maximum atomic E-state index is 12.4. The van der Waals surface area contributed by atoms with Gasteiger partial charge in [0.05, 0.1) is 19.3 Å². The molecular weight excluding hydrogens is 280 g/mol. The van der Waals surface area contributed by atoms with Gasteiger partial charge < -0.3 is 15.2 Å². The Balaban J connectivity index is 1.89. The third-order valence-electron chi connectivity index (χ3n) is 5.20. The lowest BCUT2D eigenvalue weighted by Crippen LogP contribution is -2.54. The number of morpholine rings is 1. The van der Waals surface area contributed by atoms with Crippen LogP contribution >= 0.6 is 0 Å². The predicted octanol–water partition coefficient (Wildman–Crippen LogP) is 1.54. The molecule has 2 aliphatic rings. The van der Waals surface area contributed by atoms with Crippen LogP contribution in [0.25, 0.3) is 0 Å². The summed E-state index contributed by atoms with van der Waals surface area (Å²) >= 11 is 0. The van der Waals surface area contributed by atoms with Gasteiger partial charge in [0.25, 0.3) is 0 Å². The number of rotatable bonds is 5. The van der Waals surface area contributed by atoms with E-state index in [4.69, 9.17) is 4.74 Å². The molecule has 0 aromatic rings. The van der Waals surface area contributed by atoms with E-state index >= 15 is 0 Å². The maximum Gasteiger partial charge on any atom is 0.221 e. The van der Waals surface area contributed by atoms with Crippen LogP contribution in [0.15, 0.2) is 0 Å². The monoisotopic (exact) mass is 312 g/mol. The number of aliphatic hydroxyl groups is 1. The van der Waals surface area contributed by atoms with Gasteiger partial charge in [0, 0.05) is 31.6 Å². The summed E-state index contributed by atoms with van der Waals surface area (Å²) in [4.78, 5) is 14.9. The Bertz CT molecular complexity index is 367. The van der Waals surface area contributed by atoms with Crippen molar-refractivity contribution >= 4 is 5.91 Å². The largest absolute Gasteiger partial charge is 0.391 e. The first-order chi connectivity index (χ1) is 10.3. The zero-order chi connectivity index (χ0) is 16.2. The van der Waals surface area contributed by atoms with Crippen molar-refractivity contribution in [1.82, 2.24) is 10.2 Å². The minimum Gasteiger partial charge on any atom is -0.391 e. The predicted molar refractivity (Wildman–Crippen MR) is 86.7 cm³/mol. The molecule has 1 saturated carbocycles. The van der Waals surface area contributed by atoms with Crippen LogP contribution in [0.1, 0.15) is 52.9 Å². The highest BCUT2D eigenvalue weighted by Gasteiger charge is 2.41. The normalized spacial score (nSPS) is 24.2. The molecule has 1 aliphatic carbocycles. The SMILES string of the molecule is CC(C)(C)C(O)CNC(=O)CC1(N2CCOCC2)CCCC1. The van der Waals surface area contributed by atoms with Crippen LogP contribution in [0.2, 0.25) is 0 Å². The molecule has 0 bridgehead atoms. The molecule has 5 nitrogen and oxygen atoms in total. The van der Waals surface area contributed by atoms with Gasteiger partial charge in [-0.25, -0.2) is 0 Å². The van der Waals surface area contributed by atoms with Crippen molar-refractivity contribution in [1.29, 1.82) is 0 Å². The summed E-state index contributed by atoms with van der Waals surface area (Å²) in [6, 6.07) is 0. The van der Waals surface area contributed by atoms with Crippen LogP contribution in [0.5, 0.6) is 0 Å². The number of hydrogen-bond acceptors (Lipinski definition) is 4. The number of nitrogens with one attached hydrogen (secondary N) is 1. The van der Waals surface area contributed by atoms with E-state index in [2.05, 4.69) is 10.2 Å². The summed E-state index contributed by atoms with van der Waals surface area (Å²) in [5.41, 5.74) is -0.191. The van der Waals surface area contributed by atoms with Crippen molar-refractivity contribution in [3.8, 4) is 0 Å². The molecule has 0 aromatic heterocycles. The third kappa shape index (κ3) is 4.43. The Labute approximate surface area is 134 Å². The van der Waals surface area contributed by atoms with Gasteiger partial charge >= 0.3 is 0 Å². The van der Waals surface area contributed by atoms with Gasteiger partial charge in [-0.3, -0.25) is 9.69 Å². The summed E-state index contributed by atoms with van der Waals surface area (Å²) in [7, 11) is 0. The van der Waals surface area contributed by atoms with Gasteiger partial charge in [-0.05, 0) is 18.3 Å². The highest BCUT2D eigenvalue weighted by atomic mass is 16.5. The van der Waals surface area contributed by atoms with Crippen LogP contribution in [-0.4, -0.2) is 60.4 Å². The average Bonchev–Trinajstić information content (AvgIpc) is 2.94. The molecule has 0 spiro atoms. The molecule has 1 amide bonds. The van der Waals surface area contributed by atoms with E-state index in [1.54, 1.807) is 0 Å². The number of aliphatic hydroxyl groups excluding tert-OH is 1. The summed E-state index contributed by atoms with van der Waals surface area (Å²) in [6.45, 7) is 9.68. The van der Waals surface area contributed by atoms with Crippen molar-refractivity contribution in [3.63, 3.8) is 0 Å². The van der Waals surface area contributed by atoms with Crippen LogP contribution < -0.4 is 5.32 Å². The van der Waals surface area contributed by atoms with E-state index in [9.17, 15) is 9.90 Å². The van der Waals surface area contributed by atoms with E-state index in [1.807, 2.05) is 20.8 Å². The lowest BCUT2D eigenvalue weighted by Gasteiger charge is -2.43. The molecule has 1 atom stereocenters. The van der Waals surface area contributed by atoms with Crippen LogP contribution in [-0.2, 0) is 9.53 Å². The van der Waals surface area contributed by atoms with Gasteiger partial charge in [0.2, 0.25) is 5.91 Å². The smallest absolute Gasteiger partial charge is 0.221 e. The van der Waals surface area contributed by atoms with E-state index in [0.29, 0.717) is 13.0 Å². The molecule has 0 aromatic carbocycles. The molecule has 2 N–H and O–H groups in total. The zero-order valence-corrected chi connectivity index (χ0v) is 14.4. The number of carbonyl (C=O) groups excluding carboxylic acids is 1. The molecular formula is C17H32N2O3. The van der Waals surface area contributed by atoms with Crippen LogP contribution in [0.3, 0.4) is 0 Å². The molecule has 1 heterocycles. The Morgan fingerprint density at radius 2 is 1.86 bits per heavy atom. The fourth-order valence-electron chi connectivity index (χ4n) is 3.55. The molecule has 1 aliphatic heterocycles. The van der Waals surface area contributed by atoms with Crippen molar-refractivity contribution < 1.29 is 14.6 Å². The maximum absolute atomic E-state index is 12.4. The molecule has 5 heteroatoms. The van der Waals surface area contributed by atoms with Crippen molar-refractivity contribution in [2.24, 2.45) is 5.41 Å². The van der Waals surface area contributed by atoms with E-state index in [0.717, 1.165) is 39.1 Å². The van der Waals surface area contributed by atoms with Gasteiger partial charge in [-0.2, -0.15) is 0 Å². The molecule has 1 unspecified atom stereocenters. The fourth-order valence-corrected chi connectivity index (χ4v) is 3.55. The number of carbonyl (C=O) groups is 1. The van der Waals surface area contributed by atoms with Crippen LogP contribution in [0.4, 0.5) is 0 Å². The second kappa shape index (κ2) is 7.28. The Hall–Kier alpha value is -0.650. The molecule has 0 radical (unpaired) electrons. The van der Waals surface area contributed by atoms with Gasteiger partial charge in [-0.1, -0.05) is 33.6 Å². The number of nitrogens with zero attached hydrogens (tertiary/aromatic N) is 1. The Morgan fingerprint density at radius 1 is 1.27 bits per heavy atom. The third-order valence-corrected chi connectivity index (χ3v) is 5.20. The second-order valence-corrected chi connectivity index (χ2v) is 7.89. The molecule has 2 rings (SSSR count). The van der Waals surface area contributed by atoms with Crippen molar-refractivity contribution in [2.45, 2.75) is 64.5 Å². The van der Waals surface area contributed by atoms with E-state index in [-0.39, 0.29) is 16.9 Å². The summed E-state index contributed by atoms with van der Waals surface area (Å²) in [5.74, 6) is 0.0664. The first-order valence-corrected chi connectivity index (χ1v) is 8.61. The first kappa shape index (κ1) is 17.7. The summed E-state index contributed by atoms with van der Waals surface area (Å²) < 4.78 is 5.45. The molecule has 128 valence electrons. The highest BCUT2D eigenvalue weighted by Crippen LogP contribution is 2.38. The number of amides is 1. The van der Waals surface area contributed by atoms with Crippen molar-refractivity contribution in [3.05, 3.63) is 0 Å². The summed E-state index contributed by atoms with van der Waals surface area (Å²) in [5, 5.41) is 13.0. The number of hydrogen-bond donors (Lipinski definition) is 2. The lowest BCUT2D eigenvalue weighted by molar-refractivity contribution is -0.126. The second-order valence-electron chi connectivity index (χ2n) is 7.89. The topological polar surface area (TPSA) is 61.8 Å². The zero-order valence-electron chi connectivity index (χ0n) is 14.4. The average molecular weight is 312 g/mol. The Kier molecular flexibility index (Phi) is 5.86. The molecule has 2 fully saturated rings. The minimum atomic E-state index is -0.514. The molecule has 22 heavy (non-hydrogen) atoms. The highest BCUT2D eigenvalue weighted by molar-refractivity contribution is 5.77. The van der Waals surface area contributed by atoms with E-state index < -0.39 is 6.10 Å². The van der Waals surface area contributed by atoms with Crippen LogP contribution in [0, 0.1) is 5.41 Å². The minimum absolute atomic E-state index is 0.0144. The standard InChI is InChI=1S/C17H32N2O3/c1-16(2,3)14(20)13-18-15(21)12-17(6-4-5-7-17)19-8-10-22-11-9-19/h14,20H,4-13H2,1-3H3,(H,18,21). The lowest BCUT2D eigenvalue weighted by atomic mass is 9.88. The summed E-state index contributed by atoms with van der Waals surface area (Å²) in [6.07, 6.45) is 4.64. The Morgan fingerprint density at radius 3 is 2.41 bits per heavy atom. The van der Waals surface area contributed by atoms with Gasteiger partial charge in [0.1, 0.15) is 0 Å².